The Balaban J connectivity index is 1.39. The minimum atomic E-state index is -0.204. The second-order valence-corrected chi connectivity index (χ2v) is 12.1. The first-order valence-electron chi connectivity index (χ1n) is 12.2. The van der Waals surface area contributed by atoms with Crippen LogP contribution in [0, 0.1) is 13.8 Å². The molecule has 0 atom stereocenters. The number of amides is 1. The third-order valence-corrected chi connectivity index (χ3v) is 9.25. The number of carbonyl (C=O) groups is 1. The summed E-state index contributed by atoms with van der Waals surface area (Å²) in [5.74, 6) is 0.168. The van der Waals surface area contributed by atoms with Gasteiger partial charge in [-0.05, 0) is 68.9 Å². The van der Waals surface area contributed by atoms with Crippen LogP contribution < -0.4 is 4.90 Å². The Morgan fingerprint density at radius 2 is 1.56 bits per heavy atom. The van der Waals surface area contributed by atoms with E-state index in [1.54, 1.807) is 17.5 Å². The van der Waals surface area contributed by atoms with E-state index in [9.17, 15) is 4.79 Å². The van der Waals surface area contributed by atoms with Crippen molar-refractivity contribution in [2.45, 2.75) is 20.8 Å². The van der Waals surface area contributed by atoms with Gasteiger partial charge < -0.3 is 4.90 Å². The number of carbonyl (C=O) groups excluding carboxylic acids is 1. The lowest BCUT2D eigenvalue weighted by Crippen LogP contribution is -2.29. The standard InChI is InChI=1S/C28H22N6OS4/c1-4-33-27(35)26(38-28(33)36)30-25-24-23(31-39-32-24)20(15-29-25)21-13-14-22(37-21)34(18-9-5-16(2)6-10-18)19-11-7-17(3)8-12-19/h5-15H,4H2,1-3H3/b30-26+. The van der Waals surface area contributed by atoms with Gasteiger partial charge in [-0.15, -0.1) is 11.3 Å². The summed E-state index contributed by atoms with van der Waals surface area (Å²) in [5.41, 5.74) is 6.76. The van der Waals surface area contributed by atoms with E-state index >= 15 is 0 Å². The third kappa shape index (κ3) is 4.87. The first-order chi connectivity index (χ1) is 18.9. The Morgan fingerprint density at radius 3 is 2.18 bits per heavy atom. The molecule has 5 aromatic rings. The van der Waals surface area contributed by atoms with Gasteiger partial charge in [-0.2, -0.15) is 8.75 Å². The summed E-state index contributed by atoms with van der Waals surface area (Å²) in [7, 11) is 0. The van der Waals surface area contributed by atoms with Crippen molar-refractivity contribution in [2.24, 2.45) is 4.99 Å². The molecule has 1 aliphatic heterocycles. The number of aliphatic imine (C=N–C) groups is 1. The molecule has 0 N–H and O–H groups in total. The molecule has 11 heteroatoms. The van der Waals surface area contributed by atoms with Crippen molar-refractivity contribution in [1.82, 2.24) is 18.6 Å². The molecule has 0 saturated carbocycles. The summed E-state index contributed by atoms with van der Waals surface area (Å²) in [4.78, 5) is 26.6. The summed E-state index contributed by atoms with van der Waals surface area (Å²) in [6.45, 7) is 6.57. The molecule has 3 aromatic heterocycles. The molecule has 2 aromatic carbocycles. The highest BCUT2D eigenvalue weighted by atomic mass is 32.2. The largest absolute Gasteiger partial charge is 0.302 e. The van der Waals surface area contributed by atoms with Crippen LogP contribution in [0.25, 0.3) is 21.5 Å². The van der Waals surface area contributed by atoms with Gasteiger partial charge in [0.05, 0.1) is 11.7 Å². The molecule has 194 valence electrons. The zero-order valence-electron chi connectivity index (χ0n) is 21.3. The number of thiophene rings is 1. The number of nitrogens with zero attached hydrogens (tertiary/aromatic N) is 6. The molecular formula is C28H22N6OS4. The van der Waals surface area contributed by atoms with E-state index in [4.69, 9.17) is 12.2 Å². The number of hydrogen-bond donors (Lipinski definition) is 0. The fourth-order valence-corrected chi connectivity index (χ4v) is 7.11. The van der Waals surface area contributed by atoms with Crippen LogP contribution in [0.1, 0.15) is 18.1 Å². The Hall–Kier alpha value is -3.51. The van der Waals surface area contributed by atoms with Crippen LogP contribution in [0.15, 0.2) is 71.9 Å². The van der Waals surface area contributed by atoms with E-state index < -0.39 is 0 Å². The normalized spacial score (nSPS) is 14.6. The summed E-state index contributed by atoms with van der Waals surface area (Å²) in [6, 6.07) is 21.3. The van der Waals surface area contributed by atoms with Crippen molar-refractivity contribution in [1.29, 1.82) is 0 Å². The third-order valence-electron chi connectivity index (χ3n) is 6.29. The zero-order valence-corrected chi connectivity index (χ0v) is 24.5. The van der Waals surface area contributed by atoms with Crippen molar-refractivity contribution in [3.63, 3.8) is 0 Å². The SMILES string of the molecule is CCN1C(=O)/C(=N\c2ncc(-c3ccc(N(c4ccc(C)cc4)c4ccc(C)cc4)s3)c3nsnc23)SC1=S. The molecule has 0 bridgehead atoms. The molecule has 1 fully saturated rings. The Bertz CT molecular complexity index is 1690. The average molecular weight is 587 g/mol. The van der Waals surface area contributed by atoms with E-state index in [2.05, 4.69) is 98.1 Å². The van der Waals surface area contributed by atoms with Crippen LogP contribution in [0.3, 0.4) is 0 Å². The minimum absolute atomic E-state index is 0.204. The van der Waals surface area contributed by atoms with E-state index in [-0.39, 0.29) is 5.91 Å². The van der Waals surface area contributed by atoms with Crippen molar-refractivity contribution >= 4 is 95.5 Å². The highest BCUT2D eigenvalue weighted by molar-refractivity contribution is 8.35. The minimum Gasteiger partial charge on any atom is -0.302 e. The van der Waals surface area contributed by atoms with Crippen LogP contribution in [0.2, 0.25) is 0 Å². The van der Waals surface area contributed by atoms with Gasteiger partial charge >= 0.3 is 0 Å². The summed E-state index contributed by atoms with van der Waals surface area (Å²) in [6.07, 6.45) is 1.76. The molecule has 39 heavy (non-hydrogen) atoms. The van der Waals surface area contributed by atoms with Crippen molar-refractivity contribution in [3.05, 3.63) is 78.0 Å². The summed E-state index contributed by atoms with van der Waals surface area (Å²) < 4.78 is 9.55. The lowest BCUT2D eigenvalue weighted by molar-refractivity contribution is -0.119. The maximum Gasteiger partial charge on any atom is 0.285 e. The number of fused-ring (bicyclic) bond motifs is 1. The molecule has 0 radical (unpaired) electrons. The smallest absolute Gasteiger partial charge is 0.285 e. The summed E-state index contributed by atoms with van der Waals surface area (Å²) in [5, 5.41) is 1.38. The van der Waals surface area contributed by atoms with E-state index in [0.29, 0.717) is 32.8 Å². The van der Waals surface area contributed by atoms with E-state index in [1.165, 1.54) is 27.8 Å². The van der Waals surface area contributed by atoms with Gasteiger partial charge in [-0.1, -0.05) is 47.6 Å². The molecule has 4 heterocycles. The lowest BCUT2D eigenvalue weighted by Gasteiger charge is -2.24. The number of aryl methyl sites for hydroxylation is 2. The first-order valence-corrected chi connectivity index (χ1v) is 15.0. The van der Waals surface area contributed by atoms with E-state index in [1.807, 2.05) is 6.92 Å². The van der Waals surface area contributed by atoms with Gasteiger partial charge in [-0.25, -0.2) is 9.98 Å². The van der Waals surface area contributed by atoms with Gasteiger partial charge in [0, 0.05) is 34.6 Å². The number of hydrogen-bond acceptors (Lipinski definition) is 10. The van der Waals surface area contributed by atoms with E-state index in [0.717, 1.165) is 38.5 Å². The average Bonchev–Trinajstić information content (AvgIpc) is 3.67. The predicted molar refractivity (Wildman–Crippen MR) is 167 cm³/mol. The molecule has 1 saturated heterocycles. The van der Waals surface area contributed by atoms with Gasteiger partial charge in [0.15, 0.2) is 10.9 Å². The maximum atomic E-state index is 12.7. The van der Waals surface area contributed by atoms with Crippen molar-refractivity contribution in [2.75, 3.05) is 11.4 Å². The van der Waals surface area contributed by atoms with Gasteiger partial charge in [-0.3, -0.25) is 9.69 Å². The van der Waals surface area contributed by atoms with Gasteiger partial charge in [0.2, 0.25) is 0 Å². The molecule has 6 rings (SSSR count). The highest BCUT2D eigenvalue weighted by Gasteiger charge is 2.33. The van der Waals surface area contributed by atoms with Crippen molar-refractivity contribution in [3.8, 4) is 10.4 Å². The number of pyridine rings is 1. The van der Waals surface area contributed by atoms with Crippen LogP contribution in [0.5, 0.6) is 0 Å². The van der Waals surface area contributed by atoms with Crippen LogP contribution in [-0.2, 0) is 4.79 Å². The number of rotatable bonds is 6. The quantitative estimate of drug-likeness (QED) is 0.188. The van der Waals surface area contributed by atoms with Gasteiger partial charge in [0.25, 0.3) is 5.91 Å². The Kier molecular flexibility index (Phi) is 6.98. The number of anilines is 3. The zero-order chi connectivity index (χ0) is 27.1. The summed E-state index contributed by atoms with van der Waals surface area (Å²) >= 11 is 9.27. The number of benzene rings is 2. The Morgan fingerprint density at radius 1 is 0.923 bits per heavy atom. The fourth-order valence-electron chi connectivity index (χ4n) is 4.23. The monoisotopic (exact) mass is 586 g/mol. The van der Waals surface area contributed by atoms with Crippen LogP contribution in [-0.4, -0.2) is 40.4 Å². The maximum absolute atomic E-state index is 12.7. The lowest BCUT2D eigenvalue weighted by atomic mass is 10.1. The second-order valence-electron chi connectivity index (χ2n) is 8.94. The van der Waals surface area contributed by atoms with Gasteiger partial charge in [0.1, 0.15) is 20.4 Å². The molecule has 1 amide bonds. The highest BCUT2D eigenvalue weighted by Crippen LogP contribution is 2.43. The molecule has 0 spiro atoms. The molecule has 7 nitrogen and oxygen atoms in total. The van der Waals surface area contributed by atoms with Crippen LogP contribution >= 0.6 is 47.0 Å². The number of thioether (sulfide) groups is 1. The van der Waals surface area contributed by atoms with Crippen LogP contribution in [0.4, 0.5) is 22.2 Å². The number of aromatic nitrogens is 3. The molecule has 1 aliphatic rings. The Labute approximate surface area is 243 Å². The first kappa shape index (κ1) is 25.8. The molecule has 0 aliphatic carbocycles. The molecule has 0 unspecified atom stereocenters. The molecular weight excluding hydrogens is 565 g/mol. The van der Waals surface area contributed by atoms with Crippen molar-refractivity contribution < 1.29 is 4.79 Å². The topological polar surface area (TPSA) is 74.6 Å². The predicted octanol–water partition coefficient (Wildman–Crippen LogP) is 7.81. The second kappa shape index (κ2) is 10.6. The number of thiocarbonyl (C=S) groups is 1. The fraction of sp³-hybridized carbons (Fsp3) is 0.143.